The Morgan fingerprint density at radius 2 is 2.05 bits per heavy atom. The molecule has 0 amide bonds. The van der Waals surface area contributed by atoms with E-state index in [1.165, 1.54) is 5.56 Å². The molecule has 0 aliphatic rings. The Hall–Kier alpha value is -1.39. The van der Waals surface area contributed by atoms with Crippen molar-refractivity contribution in [2.75, 3.05) is 19.7 Å². The van der Waals surface area contributed by atoms with Gasteiger partial charge in [-0.15, -0.1) is 0 Å². The van der Waals surface area contributed by atoms with E-state index in [-0.39, 0.29) is 12.0 Å². The molecule has 106 valence electrons. The van der Waals surface area contributed by atoms with Gasteiger partial charge in [0.25, 0.3) is 0 Å². The van der Waals surface area contributed by atoms with E-state index in [4.69, 9.17) is 10.5 Å². The summed E-state index contributed by atoms with van der Waals surface area (Å²) in [5.74, 6) is -0.148. The summed E-state index contributed by atoms with van der Waals surface area (Å²) in [6, 6.07) is 10.3. The third kappa shape index (κ3) is 5.85. The summed E-state index contributed by atoms with van der Waals surface area (Å²) in [5, 5.41) is 0. The molecule has 0 radical (unpaired) electrons. The normalized spacial score (nSPS) is 12.4. The molecule has 0 aliphatic heterocycles. The van der Waals surface area contributed by atoms with Gasteiger partial charge >= 0.3 is 5.97 Å². The second-order valence-electron chi connectivity index (χ2n) is 4.60. The number of rotatable bonds is 8. The Bertz CT molecular complexity index is 368. The number of benzene rings is 1. The van der Waals surface area contributed by atoms with E-state index in [9.17, 15) is 4.79 Å². The van der Waals surface area contributed by atoms with E-state index < -0.39 is 0 Å². The molecule has 4 heteroatoms. The molecule has 1 aromatic rings. The number of hydrogen-bond acceptors (Lipinski definition) is 4. The van der Waals surface area contributed by atoms with E-state index in [1.807, 2.05) is 32.0 Å². The van der Waals surface area contributed by atoms with Crippen molar-refractivity contribution in [1.82, 2.24) is 4.90 Å². The lowest BCUT2D eigenvalue weighted by atomic mass is 10.1. The molecule has 2 N–H and O–H groups in total. The molecular weight excluding hydrogens is 240 g/mol. The molecule has 0 fully saturated rings. The maximum absolute atomic E-state index is 11.5. The topological polar surface area (TPSA) is 55.6 Å². The molecule has 1 aromatic carbocycles. The molecule has 1 unspecified atom stereocenters. The molecule has 1 rings (SSSR count). The van der Waals surface area contributed by atoms with Crippen LogP contribution in [0.15, 0.2) is 30.3 Å². The Morgan fingerprint density at radius 3 is 2.63 bits per heavy atom. The summed E-state index contributed by atoms with van der Waals surface area (Å²) < 4.78 is 4.99. The molecule has 0 saturated heterocycles. The van der Waals surface area contributed by atoms with Crippen LogP contribution in [0.2, 0.25) is 0 Å². The lowest BCUT2D eigenvalue weighted by Gasteiger charge is -2.28. The lowest BCUT2D eigenvalue weighted by Crippen LogP contribution is -2.38. The lowest BCUT2D eigenvalue weighted by molar-refractivity contribution is -0.144. The minimum absolute atomic E-state index is 0.128. The van der Waals surface area contributed by atoms with Crippen LogP contribution in [0.5, 0.6) is 0 Å². The Kier molecular flexibility index (Phi) is 7.15. The van der Waals surface area contributed by atoms with Gasteiger partial charge < -0.3 is 10.5 Å². The number of esters is 1. The van der Waals surface area contributed by atoms with Crippen LogP contribution in [-0.4, -0.2) is 36.6 Å². The van der Waals surface area contributed by atoms with E-state index in [2.05, 4.69) is 17.0 Å². The molecular formula is C15H24N2O2. The molecule has 19 heavy (non-hydrogen) atoms. The fraction of sp³-hybridized carbons (Fsp3) is 0.533. The van der Waals surface area contributed by atoms with E-state index in [0.29, 0.717) is 19.6 Å². The molecule has 1 atom stereocenters. The summed E-state index contributed by atoms with van der Waals surface area (Å²) in [7, 11) is 0. The number of hydrogen-bond donors (Lipinski definition) is 1. The van der Waals surface area contributed by atoms with Gasteiger partial charge in [0.1, 0.15) is 0 Å². The maximum atomic E-state index is 11.5. The predicted octanol–water partition coefficient (Wildman–Crippen LogP) is 1.79. The first-order valence-electron chi connectivity index (χ1n) is 6.81. The largest absolute Gasteiger partial charge is 0.466 e. The summed E-state index contributed by atoms with van der Waals surface area (Å²) >= 11 is 0. The number of nitrogens with zero attached hydrogens (tertiary/aromatic N) is 1. The first-order chi connectivity index (χ1) is 9.17. The van der Waals surface area contributed by atoms with Crippen LogP contribution in [0.25, 0.3) is 0 Å². The zero-order chi connectivity index (χ0) is 14.1. The fourth-order valence-electron chi connectivity index (χ4n) is 2.03. The molecule has 4 nitrogen and oxygen atoms in total. The molecule has 0 spiro atoms. The first-order valence-corrected chi connectivity index (χ1v) is 6.81. The Morgan fingerprint density at radius 1 is 1.37 bits per heavy atom. The Balaban J connectivity index is 2.58. The minimum Gasteiger partial charge on any atom is -0.466 e. The second kappa shape index (κ2) is 8.67. The van der Waals surface area contributed by atoms with Gasteiger partial charge in [-0.3, -0.25) is 9.69 Å². The molecule has 0 aromatic heterocycles. The van der Waals surface area contributed by atoms with Gasteiger partial charge in [-0.2, -0.15) is 0 Å². The van der Waals surface area contributed by atoms with Gasteiger partial charge in [-0.1, -0.05) is 30.3 Å². The van der Waals surface area contributed by atoms with Crippen LogP contribution < -0.4 is 5.73 Å². The van der Waals surface area contributed by atoms with Crippen molar-refractivity contribution in [3.63, 3.8) is 0 Å². The Labute approximate surface area is 115 Å². The average molecular weight is 264 g/mol. The van der Waals surface area contributed by atoms with Gasteiger partial charge in [0.2, 0.25) is 0 Å². The van der Waals surface area contributed by atoms with Gasteiger partial charge in [0.05, 0.1) is 13.0 Å². The zero-order valence-corrected chi connectivity index (χ0v) is 11.8. The van der Waals surface area contributed by atoms with Crippen molar-refractivity contribution >= 4 is 5.97 Å². The number of carbonyl (C=O) groups is 1. The van der Waals surface area contributed by atoms with Crippen molar-refractivity contribution in [2.45, 2.75) is 32.9 Å². The van der Waals surface area contributed by atoms with Crippen molar-refractivity contribution in [3.8, 4) is 0 Å². The zero-order valence-electron chi connectivity index (χ0n) is 11.8. The smallest absolute Gasteiger partial charge is 0.307 e. The van der Waals surface area contributed by atoms with Crippen LogP contribution in [0, 0.1) is 0 Å². The number of ether oxygens (including phenoxy) is 1. The van der Waals surface area contributed by atoms with E-state index >= 15 is 0 Å². The minimum atomic E-state index is -0.148. The average Bonchev–Trinajstić information content (AvgIpc) is 2.39. The molecule has 0 aliphatic carbocycles. The van der Waals surface area contributed by atoms with Gasteiger partial charge in [0, 0.05) is 25.7 Å². The van der Waals surface area contributed by atoms with E-state index in [0.717, 1.165) is 13.1 Å². The summed E-state index contributed by atoms with van der Waals surface area (Å²) in [4.78, 5) is 13.7. The van der Waals surface area contributed by atoms with Crippen molar-refractivity contribution in [1.29, 1.82) is 0 Å². The van der Waals surface area contributed by atoms with Gasteiger partial charge in [0.15, 0.2) is 0 Å². The van der Waals surface area contributed by atoms with Crippen molar-refractivity contribution in [2.24, 2.45) is 5.73 Å². The highest BCUT2D eigenvalue weighted by Gasteiger charge is 2.17. The fourth-order valence-corrected chi connectivity index (χ4v) is 2.03. The second-order valence-corrected chi connectivity index (χ2v) is 4.60. The van der Waals surface area contributed by atoms with Crippen LogP contribution in [0.1, 0.15) is 25.8 Å². The summed E-state index contributed by atoms with van der Waals surface area (Å²) in [6.07, 6.45) is 0.403. The van der Waals surface area contributed by atoms with Gasteiger partial charge in [-0.25, -0.2) is 0 Å². The highest BCUT2D eigenvalue weighted by atomic mass is 16.5. The quantitative estimate of drug-likeness (QED) is 0.727. The highest BCUT2D eigenvalue weighted by Crippen LogP contribution is 2.10. The van der Waals surface area contributed by atoms with Crippen LogP contribution in [0.4, 0.5) is 0 Å². The highest BCUT2D eigenvalue weighted by molar-refractivity contribution is 5.70. The summed E-state index contributed by atoms with van der Waals surface area (Å²) in [5.41, 5.74) is 6.88. The third-order valence-corrected chi connectivity index (χ3v) is 3.04. The van der Waals surface area contributed by atoms with Gasteiger partial charge in [-0.05, 0) is 19.4 Å². The summed E-state index contributed by atoms with van der Waals surface area (Å²) in [6.45, 7) is 6.45. The predicted molar refractivity (Wildman–Crippen MR) is 76.6 cm³/mol. The molecule has 0 heterocycles. The molecule has 0 saturated carbocycles. The van der Waals surface area contributed by atoms with Crippen molar-refractivity contribution < 1.29 is 9.53 Å². The van der Waals surface area contributed by atoms with Crippen LogP contribution >= 0.6 is 0 Å². The third-order valence-electron chi connectivity index (χ3n) is 3.04. The molecule has 0 bridgehead atoms. The van der Waals surface area contributed by atoms with Crippen molar-refractivity contribution in [3.05, 3.63) is 35.9 Å². The number of carbonyl (C=O) groups excluding carboxylic acids is 1. The van der Waals surface area contributed by atoms with Crippen LogP contribution in [-0.2, 0) is 16.1 Å². The standard InChI is InChI=1S/C15H24N2O2/c1-3-19-15(18)11-13(2)17(10-9-16)12-14-7-5-4-6-8-14/h4-8,13H,3,9-12,16H2,1-2H3. The maximum Gasteiger partial charge on any atom is 0.307 e. The first kappa shape index (κ1) is 15.7. The SMILES string of the molecule is CCOC(=O)CC(C)N(CCN)Cc1ccccc1. The number of nitrogens with two attached hydrogens (primary N) is 1. The van der Waals surface area contributed by atoms with E-state index in [1.54, 1.807) is 0 Å². The monoisotopic (exact) mass is 264 g/mol. The van der Waals surface area contributed by atoms with Crippen LogP contribution in [0.3, 0.4) is 0 Å².